The molecule has 4 aromatic heterocycles. The summed E-state index contributed by atoms with van der Waals surface area (Å²) in [7, 11) is 1.64. The Morgan fingerprint density at radius 2 is 1.97 bits per heavy atom. The van der Waals surface area contributed by atoms with E-state index < -0.39 is 11.5 Å². The maximum atomic E-state index is 12.3. The summed E-state index contributed by atoms with van der Waals surface area (Å²) in [5, 5.41) is 24.7. The number of carbonyl (C=O) groups is 1. The molecule has 1 saturated heterocycles. The summed E-state index contributed by atoms with van der Waals surface area (Å²) < 4.78 is 5.33. The molecule has 0 radical (unpaired) electrons. The summed E-state index contributed by atoms with van der Waals surface area (Å²) >= 11 is 0. The first-order chi connectivity index (χ1) is 15.4. The first kappa shape index (κ1) is 19.8. The van der Waals surface area contributed by atoms with Gasteiger partial charge in [0, 0.05) is 37.8 Å². The average Bonchev–Trinajstić information content (AvgIpc) is 3.52. The van der Waals surface area contributed by atoms with Crippen LogP contribution in [-0.2, 0) is 10.4 Å². The lowest BCUT2D eigenvalue weighted by atomic mass is 9.98. The number of aryl methyl sites for hydroxylation is 1. The molecule has 0 unspecified atom stereocenters. The van der Waals surface area contributed by atoms with E-state index in [2.05, 4.69) is 35.6 Å². The van der Waals surface area contributed by atoms with Crippen LogP contribution < -0.4 is 5.32 Å². The smallest absolute Gasteiger partial charge is 0.262 e. The molecule has 1 amide bonds. The van der Waals surface area contributed by atoms with Crippen LogP contribution in [0.25, 0.3) is 22.8 Å². The van der Waals surface area contributed by atoms with E-state index in [1.54, 1.807) is 37.6 Å². The van der Waals surface area contributed by atoms with Crippen LogP contribution in [0.2, 0.25) is 0 Å². The second-order valence-corrected chi connectivity index (χ2v) is 7.64. The zero-order valence-corrected chi connectivity index (χ0v) is 17.4. The van der Waals surface area contributed by atoms with Gasteiger partial charge in [-0.25, -0.2) is 15.0 Å². The van der Waals surface area contributed by atoms with Gasteiger partial charge in [-0.05, 0) is 25.1 Å². The fraction of sp³-hybridized carbons (Fsp3) is 0.238. The number of nitrogens with zero attached hydrogens (tertiary/aromatic N) is 6. The molecule has 162 valence electrons. The number of H-pyrrole nitrogens is 1. The number of rotatable bonds is 5. The Morgan fingerprint density at radius 3 is 2.69 bits per heavy atom. The molecule has 11 heteroatoms. The third-order valence-corrected chi connectivity index (χ3v) is 5.42. The highest BCUT2D eigenvalue weighted by atomic mass is 16.5. The second kappa shape index (κ2) is 7.54. The third-order valence-electron chi connectivity index (χ3n) is 5.42. The van der Waals surface area contributed by atoms with Gasteiger partial charge < -0.3 is 19.8 Å². The summed E-state index contributed by atoms with van der Waals surface area (Å²) in [5.74, 6) is 0.814. The van der Waals surface area contributed by atoms with Gasteiger partial charge in [-0.1, -0.05) is 11.2 Å². The van der Waals surface area contributed by atoms with E-state index in [-0.39, 0.29) is 12.2 Å². The predicted molar refractivity (Wildman–Crippen MR) is 114 cm³/mol. The Hall–Kier alpha value is -4.12. The Bertz CT molecular complexity index is 1300. The van der Waals surface area contributed by atoms with Crippen molar-refractivity contribution >= 4 is 17.7 Å². The Balaban J connectivity index is 1.43. The first-order valence-electron chi connectivity index (χ1n) is 9.97. The van der Waals surface area contributed by atoms with Crippen LogP contribution in [0.1, 0.15) is 17.7 Å². The van der Waals surface area contributed by atoms with Crippen molar-refractivity contribution in [2.75, 3.05) is 18.9 Å². The van der Waals surface area contributed by atoms with Crippen molar-refractivity contribution in [1.29, 1.82) is 0 Å². The predicted octanol–water partition coefficient (Wildman–Crippen LogP) is 2.02. The fourth-order valence-electron chi connectivity index (χ4n) is 3.54. The number of carbonyl (C=O) groups excluding carboxylic acids is 1. The molecule has 3 N–H and O–H groups in total. The summed E-state index contributed by atoms with van der Waals surface area (Å²) in [6, 6.07) is 8.72. The molecule has 4 aromatic rings. The molecule has 1 aliphatic rings. The maximum absolute atomic E-state index is 12.3. The van der Waals surface area contributed by atoms with Gasteiger partial charge in [0.1, 0.15) is 11.5 Å². The molecular formula is C21H20N8O3. The SMILES string of the molecule is Cc1cn[nH]c1Nc1nccc(-c2cccc(-c3cc([C@]4(O)CCN(C)C4=O)on3)n2)n1. The van der Waals surface area contributed by atoms with Gasteiger partial charge in [0.2, 0.25) is 11.5 Å². The van der Waals surface area contributed by atoms with Crippen LogP contribution in [0.15, 0.2) is 47.2 Å². The van der Waals surface area contributed by atoms with E-state index in [0.717, 1.165) is 5.56 Å². The van der Waals surface area contributed by atoms with Crippen LogP contribution in [0.5, 0.6) is 0 Å². The van der Waals surface area contributed by atoms with Crippen LogP contribution in [-0.4, -0.2) is 59.8 Å². The number of nitrogens with one attached hydrogen (secondary N) is 2. The molecule has 5 rings (SSSR count). The van der Waals surface area contributed by atoms with Crippen molar-refractivity contribution in [3.63, 3.8) is 0 Å². The highest BCUT2D eigenvalue weighted by molar-refractivity contribution is 5.87. The Labute approximate surface area is 182 Å². The van der Waals surface area contributed by atoms with Crippen LogP contribution in [0.3, 0.4) is 0 Å². The van der Waals surface area contributed by atoms with Gasteiger partial charge in [0.05, 0.1) is 23.3 Å². The lowest BCUT2D eigenvalue weighted by Gasteiger charge is -2.16. The minimum Gasteiger partial charge on any atom is -0.373 e. The molecule has 1 fully saturated rings. The number of hydrogen-bond acceptors (Lipinski definition) is 9. The number of aliphatic hydroxyl groups is 1. The summed E-state index contributed by atoms with van der Waals surface area (Å²) in [6.45, 7) is 2.36. The lowest BCUT2D eigenvalue weighted by molar-refractivity contribution is -0.144. The quantitative estimate of drug-likeness (QED) is 0.431. The number of pyridine rings is 1. The van der Waals surface area contributed by atoms with Crippen molar-refractivity contribution < 1.29 is 14.4 Å². The molecule has 0 aromatic carbocycles. The summed E-state index contributed by atoms with van der Waals surface area (Å²) in [5.41, 5.74) is 1.39. The van der Waals surface area contributed by atoms with E-state index in [4.69, 9.17) is 4.52 Å². The fourth-order valence-corrected chi connectivity index (χ4v) is 3.54. The number of aromatic amines is 1. The molecule has 0 bridgehead atoms. The van der Waals surface area contributed by atoms with Gasteiger partial charge in [-0.2, -0.15) is 5.10 Å². The van der Waals surface area contributed by atoms with Gasteiger partial charge in [0.25, 0.3) is 5.91 Å². The summed E-state index contributed by atoms with van der Waals surface area (Å²) in [6.07, 6.45) is 3.59. The molecular weight excluding hydrogens is 412 g/mol. The molecule has 11 nitrogen and oxygen atoms in total. The highest BCUT2D eigenvalue weighted by Gasteiger charge is 2.48. The van der Waals surface area contributed by atoms with Crippen molar-refractivity contribution in [2.24, 2.45) is 0 Å². The molecule has 1 atom stereocenters. The number of anilines is 2. The van der Waals surface area contributed by atoms with E-state index in [1.165, 1.54) is 4.90 Å². The highest BCUT2D eigenvalue weighted by Crippen LogP contribution is 2.34. The van der Waals surface area contributed by atoms with Crippen molar-refractivity contribution in [2.45, 2.75) is 18.9 Å². The van der Waals surface area contributed by atoms with Gasteiger partial charge in [-0.15, -0.1) is 0 Å². The maximum Gasteiger partial charge on any atom is 0.262 e. The zero-order chi connectivity index (χ0) is 22.3. The van der Waals surface area contributed by atoms with Crippen molar-refractivity contribution in [3.8, 4) is 22.8 Å². The number of amides is 1. The van der Waals surface area contributed by atoms with Crippen LogP contribution >= 0.6 is 0 Å². The van der Waals surface area contributed by atoms with Gasteiger partial charge in [0.15, 0.2) is 5.76 Å². The number of likely N-dealkylation sites (N-methyl/N-ethyl adjacent to an activating group) is 1. The van der Waals surface area contributed by atoms with E-state index >= 15 is 0 Å². The zero-order valence-electron chi connectivity index (χ0n) is 17.4. The van der Waals surface area contributed by atoms with Crippen LogP contribution in [0, 0.1) is 6.92 Å². The molecule has 0 aliphatic carbocycles. The van der Waals surface area contributed by atoms with E-state index in [0.29, 0.717) is 41.1 Å². The third kappa shape index (κ3) is 3.38. The first-order valence-corrected chi connectivity index (χ1v) is 9.97. The largest absolute Gasteiger partial charge is 0.373 e. The van der Waals surface area contributed by atoms with Gasteiger partial charge in [-0.3, -0.25) is 9.89 Å². The van der Waals surface area contributed by atoms with E-state index in [1.807, 2.05) is 19.1 Å². The molecule has 0 saturated carbocycles. The van der Waals surface area contributed by atoms with Crippen molar-refractivity contribution in [1.82, 2.24) is 35.2 Å². The normalized spacial score (nSPS) is 18.3. The Morgan fingerprint density at radius 1 is 1.19 bits per heavy atom. The van der Waals surface area contributed by atoms with Crippen molar-refractivity contribution in [3.05, 3.63) is 54.0 Å². The number of likely N-dealkylation sites (tertiary alicyclic amines) is 1. The number of aromatic nitrogens is 6. The minimum atomic E-state index is -1.70. The molecule has 5 heterocycles. The lowest BCUT2D eigenvalue weighted by Crippen LogP contribution is -2.35. The average molecular weight is 432 g/mol. The summed E-state index contributed by atoms with van der Waals surface area (Å²) in [4.78, 5) is 27.2. The van der Waals surface area contributed by atoms with Gasteiger partial charge >= 0.3 is 0 Å². The topological polar surface area (TPSA) is 146 Å². The Kier molecular flexibility index (Phi) is 4.67. The standard InChI is InChI=1S/C21H20N8O3/c1-12-11-23-27-18(12)26-20-22-8-6-15(25-20)13-4-3-5-14(24-13)16-10-17(32-28-16)21(31)7-9-29(2)19(21)30/h3-6,8,10-11,31H,7,9H2,1-2H3,(H2,22,23,25,26,27)/t21-/m1/s1. The minimum absolute atomic E-state index is 0.109. The molecule has 1 aliphatic heterocycles. The van der Waals surface area contributed by atoms with E-state index in [9.17, 15) is 9.90 Å². The molecule has 32 heavy (non-hydrogen) atoms. The number of hydrogen-bond donors (Lipinski definition) is 3. The monoisotopic (exact) mass is 432 g/mol. The van der Waals surface area contributed by atoms with Crippen LogP contribution in [0.4, 0.5) is 11.8 Å². The molecule has 0 spiro atoms. The second-order valence-electron chi connectivity index (χ2n) is 7.64.